The smallest absolute Gasteiger partial charge is 0.335 e. The highest BCUT2D eigenvalue weighted by molar-refractivity contribution is 7.85. The Bertz CT molecular complexity index is 856. The van der Waals surface area contributed by atoms with Crippen LogP contribution in [0.5, 0.6) is 0 Å². The Labute approximate surface area is 211 Å². The molecule has 0 saturated carbocycles. The number of nitrogens with zero attached hydrogens (tertiary/aromatic N) is 1. The zero-order chi connectivity index (χ0) is 27.3. The Morgan fingerprint density at radius 2 is 1.14 bits per heavy atom. The van der Waals surface area contributed by atoms with Gasteiger partial charge in [-0.25, -0.2) is 9.59 Å². The third kappa shape index (κ3) is 10.7. The average Bonchev–Trinajstić information content (AvgIpc) is 2.78. The molecule has 0 bridgehead atoms. The van der Waals surface area contributed by atoms with Crippen LogP contribution in [0.1, 0.15) is 114 Å². The number of hydrogen-bond acceptors (Lipinski definition) is 4. The van der Waals surface area contributed by atoms with Crippen LogP contribution in [0.25, 0.3) is 0 Å². The summed E-state index contributed by atoms with van der Waals surface area (Å²) in [5.41, 5.74) is -0.617. The largest absolute Gasteiger partial charge is 0.478 e. The van der Waals surface area contributed by atoms with Crippen LogP contribution in [0.3, 0.4) is 0 Å². The van der Waals surface area contributed by atoms with Crippen molar-refractivity contribution in [2.45, 2.75) is 103 Å². The molecule has 0 heterocycles. The van der Waals surface area contributed by atoms with Gasteiger partial charge in [0.25, 0.3) is 10.1 Å². The van der Waals surface area contributed by atoms with E-state index in [0.29, 0.717) is 17.7 Å². The van der Waals surface area contributed by atoms with Crippen molar-refractivity contribution in [3.8, 4) is 0 Å². The molecule has 0 fully saturated rings. The van der Waals surface area contributed by atoms with Crippen LogP contribution in [0.15, 0.2) is 23.1 Å². The van der Waals surface area contributed by atoms with Crippen molar-refractivity contribution in [2.24, 2.45) is 0 Å². The Morgan fingerprint density at radius 3 is 1.40 bits per heavy atom. The fraction of sp³-hybridized carbons (Fsp3) is 0.692. The minimum absolute atomic E-state index is 0.453. The lowest BCUT2D eigenvalue weighted by atomic mass is 9.90. The minimum Gasteiger partial charge on any atom is -0.478 e. The third-order valence-corrected chi connectivity index (χ3v) is 7.49. The molecule has 0 aliphatic heterocycles. The molecule has 3 N–H and O–H groups in total. The molecule has 0 unspecified atom stereocenters. The van der Waals surface area contributed by atoms with Crippen LogP contribution in [-0.2, 0) is 10.1 Å². The van der Waals surface area contributed by atoms with E-state index in [0.717, 1.165) is 6.07 Å². The fourth-order valence-electron chi connectivity index (χ4n) is 4.47. The molecule has 1 aromatic carbocycles. The Balaban J connectivity index is 0.000000669. The molecule has 0 aliphatic rings. The monoisotopic (exact) mass is 516 g/mol. The molecule has 0 atom stereocenters. The summed E-state index contributed by atoms with van der Waals surface area (Å²) in [6, 6.07) is 2.13. The van der Waals surface area contributed by atoms with Crippen LogP contribution in [0.2, 0.25) is 0 Å². The van der Waals surface area contributed by atoms with Gasteiger partial charge in [0.15, 0.2) is 0 Å². The van der Waals surface area contributed by atoms with Crippen molar-refractivity contribution in [2.75, 3.05) is 19.6 Å². The number of carboxylic acids is 2. The number of hydrogen-bond donors (Lipinski definition) is 3. The quantitative estimate of drug-likeness (QED) is 0.189. The zero-order valence-electron chi connectivity index (χ0n) is 22.3. The highest BCUT2D eigenvalue weighted by atomic mass is 32.2. The predicted molar refractivity (Wildman–Crippen MR) is 139 cm³/mol. The van der Waals surface area contributed by atoms with E-state index in [1.54, 1.807) is 0 Å². The topological polar surface area (TPSA) is 129 Å². The summed E-state index contributed by atoms with van der Waals surface area (Å²) in [5.74, 6) is -2.99. The van der Waals surface area contributed by atoms with Crippen molar-refractivity contribution in [1.82, 2.24) is 0 Å². The van der Waals surface area contributed by atoms with E-state index < -0.39 is 38.1 Å². The molecule has 0 saturated heterocycles. The van der Waals surface area contributed by atoms with Crippen molar-refractivity contribution in [3.63, 3.8) is 0 Å². The Morgan fingerprint density at radius 1 is 0.771 bits per heavy atom. The van der Waals surface area contributed by atoms with Crippen LogP contribution in [-0.4, -0.2) is 64.8 Å². The molecule has 202 valence electrons. The summed E-state index contributed by atoms with van der Waals surface area (Å²) in [6.45, 7) is 18.6. The summed E-state index contributed by atoms with van der Waals surface area (Å²) in [5, 5.41) is 17.2. The van der Waals surface area contributed by atoms with E-state index in [1.165, 1.54) is 75.5 Å². The second-order valence-electron chi connectivity index (χ2n) is 9.77. The first kappa shape index (κ1) is 33.0. The molecule has 1 aromatic rings. The lowest BCUT2D eigenvalue weighted by Gasteiger charge is -2.51. The number of quaternary nitrogens is 1. The minimum atomic E-state index is -4.64. The van der Waals surface area contributed by atoms with Crippen molar-refractivity contribution >= 4 is 22.1 Å². The van der Waals surface area contributed by atoms with E-state index in [-0.39, 0.29) is 0 Å². The maximum Gasteiger partial charge on any atom is 0.335 e. The molecule has 35 heavy (non-hydrogen) atoms. The van der Waals surface area contributed by atoms with Gasteiger partial charge in [-0.05, 0) is 51.3 Å². The van der Waals surface area contributed by atoms with Crippen molar-refractivity contribution < 1.29 is 37.3 Å². The number of carbonyl (C=O) groups is 2. The van der Waals surface area contributed by atoms with Gasteiger partial charge in [-0.2, -0.15) is 8.42 Å². The summed E-state index contributed by atoms with van der Waals surface area (Å²) >= 11 is 0. The fourth-order valence-corrected chi connectivity index (χ4v) is 5.02. The third-order valence-electron chi connectivity index (χ3n) is 6.66. The Kier molecular flexibility index (Phi) is 14.4. The summed E-state index contributed by atoms with van der Waals surface area (Å²) in [7, 11) is -4.64. The van der Waals surface area contributed by atoms with Crippen molar-refractivity contribution in [1.29, 1.82) is 0 Å². The molecule has 9 heteroatoms. The average molecular weight is 517 g/mol. The van der Waals surface area contributed by atoms with Gasteiger partial charge < -0.3 is 14.7 Å². The number of unbranched alkanes of at least 4 members (excludes halogenated alkanes) is 3. The number of aromatic carboxylic acids is 2. The van der Waals surface area contributed by atoms with Crippen LogP contribution >= 0.6 is 0 Å². The number of rotatable bonds is 15. The lowest BCUT2D eigenvalue weighted by Crippen LogP contribution is -2.62. The SMILES string of the molecule is CCCC[N+](CCCC)(CCCC)C(C)(C)CCC.O=C(O)c1cc(C(=O)O)cc(S(=O)(=O)O)c1. The predicted octanol–water partition coefficient (Wildman–Crippen LogP) is 6.11. The molecule has 8 nitrogen and oxygen atoms in total. The second-order valence-corrected chi connectivity index (χ2v) is 11.2. The van der Waals surface area contributed by atoms with Gasteiger partial charge in [0.1, 0.15) is 0 Å². The second kappa shape index (κ2) is 15.2. The van der Waals surface area contributed by atoms with Crippen LogP contribution in [0, 0.1) is 0 Å². The van der Waals surface area contributed by atoms with Gasteiger partial charge in [-0.1, -0.05) is 53.4 Å². The summed E-state index contributed by atoms with van der Waals surface area (Å²) in [6.07, 6.45) is 10.9. The van der Waals surface area contributed by atoms with Gasteiger partial charge in [0, 0.05) is 6.42 Å². The maximum absolute atomic E-state index is 10.8. The first-order valence-electron chi connectivity index (χ1n) is 12.7. The van der Waals surface area contributed by atoms with E-state index in [2.05, 4.69) is 41.5 Å². The van der Waals surface area contributed by atoms with E-state index in [4.69, 9.17) is 14.8 Å². The highest BCUT2D eigenvalue weighted by Gasteiger charge is 2.41. The van der Waals surface area contributed by atoms with Gasteiger partial charge in [0.05, 0.1) is 41.2 Å². The van der Waals surface area contributed by atoms with Gasteiger partial charge in [0.2, 0.25) is 0 Å². The van der Waals surface area contributed by atoms with Gasteiger partial charge in [-0.3, -0.25) is 4.55 Å². The molecule has 1 rings (SSSR count). The first-order chi connectivity index (χ1) is 16.2. The summed E-state index contributed by atoms with van der Waals surface area (Å²) < 4.78 is 31.6. The van der Waals surface area contributed by atoms with E-state index >= 15 is 0 Å². The summed E-state index contributed by atoms with van der Waals surface area (Å²) in [4.78, 5) is 20.4. The Hall–Kier alpha value is -1.97. The number of benzene rings is 1. The lowest BCUT2D eigenvalue weighted by molar-refractivity contribution is -0.973. The molecule has 0 spiro atoms. The zero-order valence-corrected chi connectivity index (χ0v) is 23.2. The molecule has 0 aromatic heterocycles. The van der Waals surface area contributed by atoms with E-state index in [9.17, 15) is 18.0 Å². The van der Waals surface area contributed by atoms with Crippen molar-refractivity contribution in [3.05, 3.63) is 29.3 Å². The van der Waals surface area contributed by atoms with Crippen LogP contribution in [0.4, 0.5) is 0 Å². The molecule has 0 radical (unpaired) electrons. The van der Waals surface area contributed by atoms with Gasteiger partial charge in [-0.15, -0.1) is 0 Å². The standard InChI is InChI=1S/C18H40N.C8H6O7S/c1-7-11-15-19(16-12-8-2,17-13-9-3)18(5,6)14-10-4;9-7(10)4-1-5(8(11)12)3-6(2-4)16(13,14)15/h7-17H2,1-6H3;1-3H,(H,9,10)(H,11,12)(H,13,14,15)/q+1;. The molecular weight excluding hydrogens is 470 g/mol. The molecule has 0 amide bonds. The number of carboxylic acid groups (broad SMARTS) is 2. The molecule has 0 aliphatic carbocycles. The van der Waals surface area contributed by atoms with Gasteiger partial charge >= 0.3 is 11.9 Å². The first-order valence-corrected chi connectivity index (χ1v) is 14.1. The normalized spacial score (nSPS) is 12.1. The highest BCUT2D eigenvalue weighted by Crippen LogP contribution is 2.32. The van der Waals surface area contributed by atoms with E-state index in [1.807, 2.05) is 0 Å². The molecular formula is C26H46NO7S+. The maximum atomic E-state index is 10.8. The van der Waals surface area contributed by atoms with Crippen LogP contribution < -0.4 is 0 Å².